The summed E-state index contributed by atoms with van der Waals surface area (Å²) < 4.78 is 16.3. The molecule has 6 nitrogen and oxygen atoms in total. The molecule has 142 valence electrons. The zero-order chi connectivity index (χ0) is 19.4. The molecule has 6 heteroatoms. The second-order valence-corrected chi connectivity index (χ2v) is 7.11. The first-order chi connectivity index (χ1) is 13.6. The van der Waals surface area contributed by atoms with Gasteiger partial charge in [0.05, 0.1) is 20.3 Å². The van der Waals surface area contributed by atoms with Crippen molar-refractivity contribution in [2.24, 2.45) is 0 Å². The molecule has 1 atom stereocenters. The third-order valence-electron chi connectivity index (χ3n) is 5.80. The van der Waals surface area contributed by atoms with Gasteiger partial charge in [-0.15, -0.1) is 0 Å². The van der Waals surface area contributed by atoms with Crippen LogP contribution in [0.1, 0.15) is 33.1 Å². The van der Waals surface area contributed by atoms with Crippen LogP contribution in [-0.2, 0) is 12.8 Å². The zero-order valence-corrected chi connectivity index (χ0v) is 15.7. The summed E-state index contributed by atoms with van der Waals surface area (Å²) in [7, 11) is 3.22. The summed E-state index contributed by atoms with van der Waals surface area (Å²) in [5, 5.41) is 0.817. The number of rotatable bonds is 2. The summed E-state index contributed by atoms with van der Waals surface area (Å²) in [4.78, 5) is 27.5. The molecule has 2 aliphatic heterocycles. The molecule has 2 aliphatic rings. The fraction of sp³-hybridized carbons (Fsp3) is 0.273. The number of para-hydroxylation sites is 1. The van der Waals surface area contributed by atoms with E-state index in [9.17, 15) is 9.59 Å². The van der Waals surface area contributed by atoms with Crippen molar-refractivity contribution in [2.45, 2.75) is 18.9 Å². The topological polar surface area (TPSA) is 69.0 Å². The smallest absolute Gasteiger partial charge is 0.349 e. The summed E-state index contributed by atoms with van der Waals surface area (Å²) >= 11 is 0. The highest BCUT2D eigenvalue weighted by atomic mass is 16.5. The average molecular weight is 377 g/mol. The number of carbonyl (C=O) groups is 1. The molecule has 0 aliphatic carbocycles. The molecule has 3 heterocycles. The molecule has 0 saturated carbocycles. The van der Waals surface area contributed by atoms with Crippen LogP contribution in [-0.4, -0.2) is 31.6 Å². The molecular formula is C22H19NO5. The van der Waals surface area contributed by atoms with Crippen LogP contribution in [0.15, 0.2) is 45.6 Å². The highest BCUT2D eigenvalue weighted by Gasteiger charge is 2.40. The fourth-order valence-electron chi connectivity index (χ4n) is 4.47. The van der Waals surface area contributed by atoms with Crippen LogP contribution < -0.4 is 15.1 Å². The van der Waals surface area contributed by atoms with E-state index >= 15 is 0 Å². The van der Waals surface area contributed by atoms with E-state index in [4.69, 9.17) is 13.9 Å². The minimum absolute atomic E-state index is 0.145. The van der Waals surface area contributed by atoms with Crippen molar-refractivity contribution in [3.8, 4) is 11.5 Å². The number of amides is 1. The van der Waals surface area contributed by atoms with Gasteiger partial charge in [-0.3, -0.25) is 4.79 Å². The molecule has 1 amide bonds. The van der Waals surface area contributed by atoms with Gasteiger partial charge in [0, 0.05) is 11.9 Å². The molecule has 1 unspecified atom stereocenters. The Labute approximate surface area is 161 Å². The number of hydrogen-bond donors (Lipinski definition) is 0. The highest BCUT2D eigenvalue weighted by molar-refractivity contribution is 6.01. The van der Waals surface area contributed by atoms with Crippen molar-refractivity contribution in [2.75, 3.05) is 20.8 Å². The molecule has 2 aromatic carbocycles. The van der Waals surface area contributed by atoms with E-state index in [1.165, 1.54) is 0 Å². The van der Waals surface area contributed by atoms with Crippen molar-refractivity contribution in [3.63, 3.8) is 0 Å². The summed E-state index contributed by atoms with van der Waals surface area (Å²) in [6.45, 7) is 0.553. The number of carbonyl (C=O) groups excluding carboxylic acids is 1. The number of benzene rings is 2. The Balaban J connectivity index is 1.72. The van der Waals surface area contributed by atoms with E-state index in [1.807, 2.05) is 30.3 Å². The number of fused-ring (bicyclic) bond motifs is 6. The van der Waals surface area contributed by atoms with Crippen molar-refractivity contribution >= 4 is 16.9 Å². The van der Waals surface area contributed by atoms with Crippen LogP contribution in [0.4, 0.5) is 0 Å². The lowest BCUT2D eigenvalue weighted by Crippen LogP contribution is -2.46. The molecule has 0 bridgehead atoms. The van der Waals surface area contributed by atoms with Gasteiger partial charge in [0.1, 0.15) is 11.1 Å². The Hall–Kier alpha value is -3.28. The Morgan fingerprint density at radius 2 is 1.82 bits per heavy atom. The molecular weight excluding hydrogens is 358 g/mol. The summed E-state index contributed by atoms with van der Waals surface area (Å²) in [5.41, 5.74) is 3.06. The van der Waals surface area contributed by atoms with E-state index < -0.39 is 5.63 Å². The third-order valence-corrected chi connectivity index (χ3v) is 5.80. The maximum absolute atomic E-state index is 13.2. The number of methoxy groups -OCH3 is 2. The Morgan fingerprint density at radius 3 is 2.61 bits per heavy atom. The van der Waals surface area contributed by atoms with Gasteiger partial charge in [0.25, 0.3) is 5.91 Å². The fourth-order valence-corrected chi connectivity index (χ4v) is 4.47. The lowest BCUT2D eigenvalue weighted by molar-refractivity contribution is 0.0626. The van der Waals surface area contributed by atoms with E-state index in [0.717, 1.165) is 22.1 Å². The Kier molecular flexibility index (Phi) is 3.69. The molecule has 1 aromatic heterocycles. The van der Waals surface area contributed by atoms with Gasteiger partial charge in [-0.1, -0.05) is 18.2 Å². The van der Waals surface area contributed by atoms with E-state index in [0.29, 0.717) is 36.5 Å². The lowest BCUT2D eigenvalue weighted by atomic mass is 9.83. The van der Waals surface area contributed by atoms with Crippen LogP contribution >= 0.6 is 0 Å². The molecule has 0 radical (unpaired) electrons. The van der Waals surface area contributed by atoms with Crippen LogP contribution in [0.2, 0.25) is 0 Å². The molecule has 0 spiro atoms. The molecule has 3 aromatic rings. The lowest BCUT2D eigenvalue weighted by Gasteiger charge is -2.41. The van der Waals surface area contributed by atoms with Crippen LogP contribution in [0, 0.1) is 0 Å². The largest absolute Gasteiger partial charge is 0.493 e. The van der Waals surface area contributed by atoms with Crippen LogP contribution in [0.3, 0.4) is 0 Å². The van der Waals surface area contributed by atoms with Crippen molar-refractivity contribution in [1.29, 1.82) is 0 Å². The van der Waals surface area contributed by atoms with Gasteiger partial charge in [0.15, 0.2) is 11.5 Å². The Bertz CT molecular complexity index is 1180. The second kappa shape index (κ2) is 6.12. The van der Waals surface area contributed by atoms with E-state index in [2.05, 4.69) is 0 Å². The van der Waals surface area contributed by atoms with E-state index in [1.54, 1.807) is 25.2 Å². The van der Waals surface area contributed by atoms with Crippen molar-refractivity contribution in [1.82, 2.24) is 4.90 Å². The molecule has 28 heavy (non-hydrogen) atoms. The summed E-state index contributed by atoms with van der Waals surface area (Å²) in [5.74, 6) is 1.06. The van der Waals surface area contributed by atoms with Gasteiger partial charge in [-0.2, -0.15) is 0 Å². The minimum Gasteiger partial charge on any atom is -0.493 e. The van der Waals surface area contributed by atoms with Crippen LogP contribution in [0.25, 0.3) is 11.0 Å². The quantitative estimate of drug-likeness (QED) is 0.642. The SMILES string of the molecule is COc1cc2c(cc1OC)C1Cc3c(c(=O)oc4ccccc34)C(=O)N1CC2. The molecule has 0 fully saturated rings. The minimum atomic E-state index is -0.560. The average Bonchev–Trinajstić information content (AvgIpc) is 2.72. The first-order valence-electron chi connectivity index (χ1n) is 9.23. The maximum Gasteiger partial charge on any atom is 0.349 e. The van der Waals surface area contributed by atoms with Gasteiger partial charge < -0.3 is 18.8 Å². The summed E-state index contributed by atoms with van der Waals surface area (Å²) in [6, 6.07) is 11.2. The maximum atomic E-state index is 13.2. The molecule has 0 saturated heterocycles. The number of nitrogens with zero attached hydrogens (tertiary/aromatic N) is 1. The highest BCUT2D eigenvalue weighted by Crippen LogP contribution is 2.43. The van der Waals surface area contributed by atoms with Gasteiger partial charge in [-0.25, -0.2) is 4.79 Å². The van der Waals surface area contributed by atoms with Crippen molar-refractivity contribution in [3.05, 3.63) is 69.1 Å². The zero-order valence-electron chi connectivity index (χ0n) is 15.7. The number of ether oxygens (including phenoxy) is 2. The monoisotopic (exact) mass is 377 g/mol. The predicted molar refractivity (Wildman–Crippen MR) is 103 cm³/mol. The second-order valence-electron chi connectivity index (χ2n) is 7.11. The first-order valence-corrected chi connectivity index (χ1v) is 9.23. The van der Waals surface area contributed by atoms with Gasteiger partial charge in [0.2, 0.25) is 0 Å². The standard InChI is InChI=1S/C22H19NO5/c1-26-18-9-12-7-8-23-16(14(12)11-19(18)27-2)10-15-13-5-3-4-6-17(13)28-22(25)20(15)21(23)24/h3-6,9,11,16H,7-8,10H2,1-2H3. The summed E-state index contributed by atoms with van der Waals surface area (Å²) in [6.07, 6.45) is 1.27. The van der Waals surface area contributed by atoms with Crippen molar-refractivity contribution < 1.29 is 18.7 Å². The van der Waals surface area contributed by atoms with Gasteiger partial charge in [-0.05, 0) is 47.7 Å². The van der Waals surface area contributed by atoms with E-state index in [-0.39, 0.29) is 17.5 Å². The number of hydrogen-bond acceptors (Lipinski definition) is 5. The molecule has 5 rings (SSSR count). The van der Waals surface area contributed by atoms with Crippen LogP contribution in [0.5, 0.6) is 11.5 Å². The first kappa shape index (κ1) is 16.9. The molecule has 0 N–H and O–H groups in total. The Morgan fingerprint density at radius 1 is 1.07 bits per heavy atom. The van der Waals surface area contributed by atoms with Gasteiger partial charge >= 0.3 is 5.63 Å². The third kappa shape index (κ3) is 2.27. The predicted octanol–water partition coefficient (Wildman–Crippen LogP) is 3.11. The normalized spacial score (nSPS) is 17.7.